The van der Waals surface area contributed by atoms with Crippen LogP contribution in [0.1, 0.15) is 96.6 Å². The van der Waals surface area contributed by atoms with Gasteiger partial charge in [0.1, 0.15) is 4.60 Å². The molecule has 4 heterocycles. The number of rotatable bonds is 6. The molecule has 0 saturated carbocycles. The molecule has 37 heavy (non-hydrogen) atoms. The first kappa shape index (κ1) is 28.2. The predicted octanol–water partition coefficient (Wildman–Crippen LogP) is 5.44. The fraction of sp³-hybridized carbons (Fsp3) is 0.462. The number of hydrogen-bond acceptors (Lipinski definition) is 8. The number of hydrogen-bond donors (Lipinski definition) is 0. The Morgan fingerprint density at radius 3 is 1.89 bits per heavy atom. The lowest BCUT2D eigenvalue weighted by Gasteiger charge is -2.12. The van der Waals surface area contributed by atoms with Crippen LogP contribution in [0.5, 0.6) is 0 Å². The number of aryl methyl sites for hydroxylation is 2. The zero-order valence-electron chi connectivity index (χ0n) is 22.5. The van der Waals surface area contributed by atoms with Crippen molar-refractivity contribution in [1.29, 1.82) is 0 Å². The lowest BCUT2D eigenvalue weighted by Crippen LogP contribution is -2.12. The summed E-state index contributed by atoms with van der Waals surface area (Å²) in [5, 5.41) is 8.46. The summed E-state index contributed by atoms with van der Waals surface area (Å²) >= 11 is 3.45. The Hall–Kier alpha value is -3.34. The second-order valence-electron chi connectivity index (χ2n) is 9.07. The molecule has 0 amide bonds. The molecule has 0 bridgehead atoms. The predicted molar refractivity (Wildman–Crippen MR) is 143 cm³/mol. The molecule has 0 fully saturated rings. The SMILES string of the molecule is CCOC(=O)c1cnn2c(Br)c(C)nc2c1C(C)C.CCOC(=O)c1cnn2cc(C)nc2c1C(C)C. The minimum absolute atomic E-state index is 0.151. The summed E-state index contributed by atoms with van der Waals surface area (Å²) in [6.07, 6.45) is 4.95. The zero-order valence-corrected chi connectivity index (χ0v) is 24.1. The lowest BCUT2D eigenvalue weighted by atomic mass is 10.00. The molecular weight excluding hydrogens is 540 g/mol. The number of ether oxygens (including phenoxy) is 2. The molecule has 0 saturated heterocycles. The summed E-state index contributed by atoms with van der Waals surface area (Å²) in [6, 6.07) is 0. The van der Waals surface area contributed by atoms with Crippen LogP contribution < -0.4 is 0 Å². The van der Waals surface area contributed by atoms with Crippen molar-refractivity contribution in [2.75, 3.05) is 13.2 Å². The molecule has 0 radical (unpaired) electrons. The van der Waals surface area contributed by atoms with Gasteiger partial charge >= 0.3 is 11.9 Å². The highest BCUT2D eigenvalue weighted by molar-refractivity contribution is 9.10. The van der Waals surface area contributed by atoms with Gasteiger partial charge in [-0.15, -0.1) is 0 Å². The molecule has 0 spiro atoms. The van der Waals surface area contributed by atoms with Gasteiger partial charge in [-0.3, -0.25) is 0 Å². The number of halogens is 1. The molecule has 4 aromatic rings. The summed E-state index contributed by atoms with van der Waals surface area (Å²) in [4.78, 5) is 32.8. The average molecular weight is 573 g/mol. The summed E-state index contributed by atoms with van der Waals surface area (Å²) in [5.74, 6) is -0.356. The minimum Gasteiger partial charge on any atom is -0.462 e. The van der Waals surface area contributed by atoms with E-state index in [4.69, 9.17) is 9.47 Å². The van der Waals surface area contributed by atoms with Crippen LogP contribution in [0.15, 0.2) is 23.2 Å². The lowest BCUT2D eigenvalue weighted by molar-refractivity contribution is 0.0514. The standard InChI is InChI=1S/C13H16BrN3O2.C13H17N3O2/c1-5-19-13(18)9-6-15-17-11(14)8(4)16-12(17)10(9)7(2)3;1-5-18-13(17)10-6-14-16-7-9(4)15-12(16)11(10)8(2)3/h6-7H,5H2,1-4H3;6-8H,5H2,1-4H3. The Labute approximate surface area is 224 Å². The molecular formula is C26H33BrN6O4. The minimum atomic E-state index is -0.349. The van der Waals surface area contributed by atoms with Crippen LogP contribution in [-0.2, 0) is 9.47 Å². The molecule has 0 unspecified atom stereocenters. The van der Waals surface area contributed by atoms with E-state index in [9.17, 15) is 9.59 Å². The van der Waals surface area contributed by atoms with Crippen molar-refractivity contribution in [3.8, 4) is 0 Å². The summed E-state index contributed by atoms with van der Waals surface area (Å²) in [7, 11) is 0. The molecule has 0 aliphatic rings. The fourth-order valence-electron chi connectivity index (χ4n) is 4.03. The van der Waals surface area contributed by atoms with Gasteiger partial charge in [0.25, 0.3) is 0 Å². The third-order valence-corrected chi connectivity index (χ3v) is 6.50. The summed E-state index contributed by atoms with van der Waals surface area (Å²) in [6.45, 7) is 16.2. The maximum absolute atomic E-state index is 12.0. The van der Waals surface area contributed by atoms with Crippen LogP contribution in [0.25, 0.3) is 11.3 Å². The van der Waals surface area contributed by atoms with E-state index in [-0.39, 0.29) is 23.8 Å². The summed E-state index contributed by atoms with van der Waals surface area (Å²) in [5.41, 5.74) is 5.89. The van der Waals surface area contributed by atoms with Crippen molar-refractivity contribution in [3.05, 3.63) is 56.8 Å². The smallest absolute Gasteiger partial charge is 0.340 e. The maximum Gasteiger partial charge on any atom is 0.340 e. The van der Waals surface area contributed by atoms with Gasteiger partial charge in [0.05, 0.1) is 54.3 Å². The van der Waals surface area contributed by atoms with Crippen LogP contribution >= 0.6 is 15.9 Å². The molecule has 0 aliphatic heterocycles. The van der Waals surface area contributed by atoms with Crippen molar-refractivity contribution in [1.82, 2.24) is 29.2 Å². The quantitative estimate of drug-likeness (QED) is 0.281. The largest absolute Gasteiger partial charge is 0.462 e. The first-order valence-electron chi connectivity index (χ1n) is 12.2. The van der Waals surface area contributed by atoms with Crippen LogP contribution in [0, 0.1) is 13.8 Å². The van der Waals surface area contributed by atoms with E-state index < -0.39 is 0 Å². The van der Waals surface area contributed by atoms with Gasteiger partial charge in [-0.1, -0.05) is 27.7 Å². The van der Waals surface area contributed by atoms with Gasteiger partial charge < -0.3 is 9.47 Å². The Kier molecular flexibility index (Phi) is 9.01. The molecule has 10 nitrogen and oxygen atoms in total. The number of esters is 2. The van der Waals surface area contributed by atoms with Crippen molar-refractivity contribution in [2.45, 2.75) is 67.2 Å². The van der Waals surface area contributed by atoms with E-state index >= 15 is 0 Å². The number of imidazole rings is 2. The van der Waals surface area contributed by atoms with E-state index in [0.29, 0.717) is 30.0 Å². The van der Waals surface area contributed by atoms with E-state index in [1.54, 1.807) is 35.3 Å². The van der Waals surface area contributed by atoms with Crippen molar-refractivity contribution >= 4 is 39.2 Å². The Morgan fingerprint density at radius 2 is 1.38 bits per heavy atom. The first-order chi connectivity index (χ1) is 17.5. The Balaban J connectivity index is 0.000000206. The van der Waals surface area contributed by atoms with E-state index in [1.165, 1.54) is 0 Å². The normalized spacial score (nSPS) is 11.2. The topological polar surface area (TPSA) is 113 Å². The fourth-order valence-corrected chi connectivity index (χ4v) is 4.38. The number of carbonyl (C=O) groups is 2. The van der Waals surface area contributed by atoms with Crippen molar-refractivity contribution in [3.63, 3.8) is 0 Å². The van der Waals surface area contributed by atoms with Crippen LogP contribution in [0.3, 0.4) is 0 Å². The third kappa shape index (κ3) is 5.82. The van der Waals surface area contributed by atoms with Crippen LogP contribution in [0.4, 0.5) is 0 Å². The second-order valence-corrected chi connectivity index (χ2v) is 9.82. The van der Waals surface area contributed by atoms with Gasteiger partial charge in [0.2, 0.25) is 0 Å². The van der Waals surface area contributed by atoms with Crippen molar-refractivity contribution in [2.24, 2.45) is 0 Å². The highest BCUT2D eigenvalue weighted by atomic mass is 79.9. The van der Waals surface area contributed by atoms with Crippen LogP contribution in [-0.4, -0.2) is 54.3 Å². The highest BCUT2D eigenvalue weighted by Gasteiger charge is 2.22. The van der Waals surface area contributed by atoms with Gasteiger partial charge in [0.15, 0.2) is 11.3 Å². The molecule has 0 atom stereocenters. The van der Waals surface area contributed by atoms with Gasteiger partial charge in [-0.05, 0) is 55.5 Å². The van der Waals surface area contributed by atoms with Crippen molar-refractivity contribution < 1.29 is 19.1 Å². The molecule has 0 aliphatic carbocycles. The monoisotopic (exact) mass is 572 g/mol. The van der Waals surface area contributed by atoms with E-state index in [0.717, 1.165) is 32.8 Å². The second kappa shape index (κ2) is 11.8. The Bertz CT molecular complexity index is 1440. The summed E-state index contributed by atoms with van der Waals surface area (Å²) < 4.78 is 14.3. The third-order valence-electron chi connectivity index (χ3n) is 5.59. The molecule has 198 valence electrons. The van der Waals surface area contributed by atoms with Gasteiger partial charge in [0, 0.05) is 11.1 Å². The zero-order chi connectivity index (χ0) is 27.4. The average Bonchev–Trinajstić information content (AvgIpc) is 3.36. The first-order valence-corrected chi connectivity index (χ1v) is 13.0. The number of carbonyl (C=O) groups excluding carboxylic acids is 2. The molecule has 0 N–H and O–H groups in total. The molecule has 4 aromatic heterocycles. The van der Waals surface area contributed by atoms with Gasteiger partial charge in [-0.25, -0.2) is 28.6 Å². The highest BCUT2D eigenvalue weighted by Crippen LogP contribution is 2.28. The number of fused-ring (bicyclic) bond motifs is 2. The molecule has 4 rings (SSSR count). The maximum atomic E-state index is 12.0. The van der Waals surface area contributed by atoms with Gasteiger partial charge in [-0.2, -0.15) is 10.2 Å². The Morgan fingerprint density at radius 1 is 0.865 bits per heavy atom. The number of aromatic nitrogens is 6. The van der Waals surface area contributed by atoms with E-state index in [2.05, 4.69) is 36.1 Å². The molecule has 11 heteroatoms. The molecule has 0 aromatic carbocycles. The van der Waals surface area contributed by atoms with Crippen LogP contribution in [0.2, 0.25) is 0 Å². The number of nitrogens with zero attached hydrogens (tertiary/aromatic N) is 6. The van der Waals surface area contributed by atoms with E-state index in [1.807, 2.05) is 47.7 Å².